The molecule has 1 aliphatic heterocycles. The Bertz CT molecular complexity index is 359. The molecule has 1 atom stereocenters. The van der Waals surface area contributed by atoms with Gasteiger partial charge in [-0.15, -0.1) is 0 Å². The molecule has 0 bridgehead atoms. The van der Waals surface area contributed by atoms with Crippen LogP contribution in [0.1, 0.15) is 34.6 Å². The van der Waals surface area contributed by atoms with E-state index in [1.807, 2.05) is 0 Å². The van der Waals surface area contributed by atoms with Crippen molar-refractivity contribution in [2.24, 2.45) is 5.92 Å². The Morgan fingerprint density at radius 2 is 1.52 bits per heavy atom. The number of rotatable bonds is 7. The van der Waals surface area contributed by atoms with Crippen molar-refractivity contribution < 1.29 is 4.43 Å². The van der Waals surface area contributed by atoms with Crippen LogP contribution in [0.25, 0.3) is 0 Å². The summed E-state index contributed by atoms with van der Waals surface area (Å²) in [5, 5.41) is 0.454. The van der Waals surface area contributed by atoms with Crippen LogP contribution in [-0.4, -0.2) is 65.3 Å². The van der Waals surface area contributed by atoms with Crippen molar-refractivity contribution in [3.05, 3.63) is 0 Å². The molecule has 0 spiro atoms. The van der Waals surface area contributed by atoms with Gasteiger partial charge in [-0.05, 0) is 37.0 Å². The molecule has 0 aromatic carbocycles. The average Bonchev–Trinajstić information content (AvgIpc) is 2.36. The van der Waals surface area contributed by atoms with Crippen molar-refractivity contribution in [2.75, 3.05) is 39.3 Å². The highest BCUT2D eigenvalue weighted by atomic mass is 28.4. The second kappa shape index (κ2) is 8.13. The number of hydrogen-bond acceptors (Lipinski definition) is 3. The molecule has 1 fully saturated rings. The summed E-state index contributed by atoms with van der Waals surface area (Å²) in [6.07, 6.45) is 0. The summed E-state index contributed by atoms with van der Waals surface area (Å²) in [7, 11) is -2.78. The molecule has 3 nitrogen and oxygen atoms in total. The van der Waals surface area contributed by atoms with Crippen LogP contribution in [0.15, 0.2) is 0 Å². The van der Waals surface area contributed by atoms with E-state index in [4.69, 9.17) is 4.43 Å². The first-order valence-corrected chi connectivity index (χ1v) is 15.6. The maximum Gasteiger partial charge on any atom is 0.187 e. The summed E-state index contributed by atoms with van der Waals surface area (Å²) in [6.45, 7) is 28.7. The van der Waals surface area contributed by atoms with Crippen LogP contribution >= 0.6 is 0 Å². The van der Waals surface area contributed by atoms with Gasteiger partial charge in [-0.25, -0.2) is 0 Å². The molecule has 5 heteroatoms. The van der Waals surface area contributed by atoms with Crippen molar-refractivity contribution in [2.45, 2.75) is 71.9 Å². The first-order valence-electron chi connectivity index (χ1n) is 9.50. The van der Waals surface area contributed by atoms with Crippen LogP contribution in [-0.2, 0) is 4.43 Å². The van der Waals surface area contributed by atoms with Crippen molar-refractivity contribution in [1.29, 1.82) is 0 Å². The van der Waals surface area contributed by atoms with Gasteiger partial charge >= 0.3 is 0 Å². The van der Waals surface area contributed by atoms with E-state index < -0.39 is 16.6 Å². The molecule has 0 N–H and O–H groups in total. The molecule has 0 aliphatic carbocycles. The van der Waals surface area contributed by atoms with Gasteiger partial charge in [0.25, 0.3) is 0 Å². The number of nitrogens with zero attached hydrogens (tertiary/aromatic N) is 2. The van der Waals surface area contributed by atoms with Gasteiger partial charge in [0.05, 0.1) is 0 Å². The number of piperazine rings is 1. The molecule has 0 amide bonds. The van der Waals surface area contributed by atoms with Gasteiger partial charge in [0, 0.05) is 39.3 Å². The summed E-state index contributed by atoms with van der Waals surface area (Å²) >= 11 is 0. The molecule has 23 heavy (non-hydrogen) atoms. The Balaban J connectivity index is 2.45. The lowest BCUT2D eigenvalue weighted by Gasteiger charge is -2.49. The molecule has 0 aromatic heterocycles. The first-order chi connectivity index (χ1) is 10.4. The maximum atomic E-state index is 6.01. The third-order valence-corrected chi connectivity index (χ3v) is 14.4. The molecular weight excluding hydrogens is 316 g/mol. The third kappa shape index (κ3) is 6.27. The molecule has 138 valence electrons. The number of hydrogen-bond donors (Lipinski definition) is 0. The minimum Gasteiger partial charge on any atom is -0.418 e. The Morgan fingerprint density at radius 1 is 1.00 bits per heavy atom. The molecule has 0 aromatic rings. The smallest absolute Gasteiger partial charge is 0.187 e. The van der Waals surface area contributed by atoms with E-state index in [0.29, 0.717) is 5.04 Å². The first kappa shape index (κ1) is 21.4. The highest BCUT2D eigenvalue weighted by Crippen LogP contribution is 2.38. The summed E-state index contributed by atoms with van der Waals surface area (Å²) < 4.78 is 8.83. The second-order valence-electron chi connectivity index (χ2n) is 9.60. The van der Waals surface area contributed by atoms with E-state index >= 15 is 0 Å². The lowest BCUT2D eigenvalue weighted by atomic mass is 10.2. The zero-order chi connectivity index (χ0) is 17.9. The molecule has 0 saturated carbocycles. The van der Waals surface area contributed by atoms with Crippen molar-refractivity contribution in [1.82, 2.24) is 9.47 Å². The fourth-order valence-corrected chi connectivity index (χ4v) is 8.73. The Labute approximate surface area is 148 Å². The van der Waals surface area contributed by atoms with Gasteiger partial charge in [-0.2, -0.15) is 0 Å². The average molecular weight is 359 g/mol. The largest absolute Gasteiger partial charge is 0.418 e. The molecule has 1 aliphatic rings. The minimum atomic E-state index is -1.45. The van der Waals surface area contributed by atoms with Crippen LogP contribution in [0.3, 0.4) is 0 Å². The lowest BCUT2D eigenvalue weighted by molar-refractivity contribution is 0.163. The molecular formula is C18H42N2OSi2. The van der Waals surface area contributed by atoms with E-state index in [1.54, 1.807) is 0 Å². The normalized spacial score (nSPS) is 20.7. The zero-order valence-electron chi connectivity index (χ0n) is 17.3. The van der Waals surface area contributed by atoms with Crippen molar-refractivity contribution in [3.63, 3.8) is 0 Å². The summed E-state index contributed by atoms with van der Waals surface area (Å²) in [4.78, 5) is 2.69. The van der Waals surface area contributed by atoms with Crippen molar-refractivity contribution >= 4 is 16.6 Å². The van der Waals surface area contributed by atoms with Crippen LogP contribution in [0.4, 0.5) is 0 Å². The van der Waals surface area contributed by atoms with Gasteiger partial charge in [0.15, 0.2) is 8.32 Å². The Kier molecular flexibility index (Phi) is 7.55. The SMILES string of the molecule is CCO[Si](C)(C)CC(C)CN1CCN([Si](C)(C)C(C)(C)C)CC1. The van der Waals surface area contributed by atoms with Gasteiger partial charge in [0.1, 0.15) is 8.24 Å². The van der Waals surface area contributed by atoms with Gasteiger partial charge in [-0.1, -0.05) is 40.8 Å². The topological polar surface area (TPSA) is 15.7 Å². The quantitative estimate of drug-likeness (QED) is 0.624. The molecule has 1 heterocycles. The predicted octanol–water partition coefficient (Wildman–Crippen LogP) is 4.49. The van der Waals surface area contributed by atoms with E-state index in [-0.39, 0.29) is 0 Å². The van der Waals surface area contributed by atoms with Crippen LogP contribution in [0.2, 0.25) is 37.3 Å². The third-order valence-electron chi connectivity index (χ3n) is 5.94. The van der Waals surface area contributed by atoms with Crippen LogP contribution in [0.5, 0.6) is 0 Å². The molecule has 1 rings (SSSR count). The van der Waals surface area contributed by atoms with Gasteiger partial charge in [-0.3, -0.25) is 0 Å². The zero-order valence-corrected chi connectivity index (χ0v) is 19.3. The van der Waals surface area contributed by atoms with E-state index in [0.717, 1.165) is 12.5 Å². The second-order valence-corrected chi connectivity index (χ2v) is 19.1. The molecule has 1 saturated heterocycles. The van der Waals surface area contributed by atoms with E-state index in [9.17, 15) is 0 Å². The van der Waals surface area contributed by atoms with Crippen molar-refractivity contribution in [3.8, 4) is 0 Å². The van der Waals surface area contributed by atoms with Crippen LogP contribution < -0.4 is 0 Å². The maximum absolute atomic E-state index is 6.01. The highest BCUT2D eigenvalue weighted by molar-refractivity contribution is 6.77. The monoisotopic (exact) mass is 358 g/mol. The Hall–Kier alpha value is 0.314. The fraction of sp³-hybridized carbons (Fsp3) is 1.00. The van der Waals surface area contributed by atoms with E-state index in [2.05, 4.69) is 70.3 Å². The van der Waals surface area contributed by atoms with E-state index in [1.165, 1.54) is 38.8 Å². The minimum absolute atomic E-state index is 0.454. The predicted molar refractivity (Wildman–Crippen MR) is 108 cm³/mol. The summed E-state index contributed by atoms with van der Waals surface area (Å²) in [5.74, 6) is 0.752. The molecule has 0 radical (unpaired) electrons. The fourth-order valence-electron chi connectivity index (χ4n) is 3.76. The Morgan fingerprint density at radius 3 is 1.96 bits per heavy atom. The highest BCUT2D eigenvalue weighted by Gasteiger charge is 2.41. The molecule has 1 unspecified atom stereocenters. The lowest BCUT2D eigenvalue weighted by Crippen LogP contribution is -2.61. The van der Waals surface area contributed by atoms with Gasteiger partial charge < -0.3 is 13.9 Å². The summed E-state index contributed by atoms with van der Waals surface area (Å²) in [5.41, 5.74) is 0. The van der Waals surface area contributed by atoms with Crippen LogP contribution in [0, 0.1) is 5.92 Å². The standard InChI is InChI=1S/C18H42N2OSi2/c1-10-21-22(6,7)16-17(2)15-19-11-13-20(14-12-19)23(8,9)18(3,4)5/h17H,10-16H2,1-9H3. The van der Waals surface area contributed by atoms with Gasteiger partial charge in [0.2, 0.25) is 0 Å². The summed E-state index contributed by atoms with van der Waals surface area (Å²) in [6, 6.07) is 1.28.